The van der Waals surface area contributed by atoms with E-state index < -0.39 is 0 Å². The van der Waals surface area contributed by atoms with Crippen LogP contribution in [0.2, 0.25) is 0 Å². The number of pyridine rings is 1. The van der Waals surface area contributed by atoms with E-state index in [-0.39, 0.29) is 11.8 Å². The van der Waals surface area contributed by atoms with Gasteiger partial charge in [0.1, 0.15) is 5.00 Å². The first kappa shape index (κ1) is 23.7. The molecule has 0 radical (unpaired) electrons. The fraction of sp³-hybridized carbons (Fsp3) is 0.370. The van der Waals surface area contributed by atoms with Gasteiger partial charge in [0.25, 0.3) is 11.8 Å². The zero-order chi connectivity index (χ0) is 24.0. The van der Waals surface area contributed by atoms with Crippen molar-refractivity contribution in [2.45, 2.75) is 38.8 Å². The van der Waals surface area contributed by atoms with Gasteiger partial charge in [0.2, 0.25) is 0 Å². The van der Waals surface area contributed by atoms with E-state index in [2.05, 4.69) is 32.7 Å². The molecule has 2 aromatic heterocycles. The number of morpholine rings is 1. The van der Waals surface area contributed by atoms with E-state index in [0.717, 1.165) is 69.7 Å². The molecule has 0 unspecified atom stereocenters. The fourth-order valence-electron chi connectivity index (χ4n) is 4.71. The molecule has 7 nitrogen and oxygen atoms in total. The van der Waals surface area contributed by atoms with Crippen molar-refractivity contribution in [2.24, 2.45) is 0 Å². The number of hydrogen-bond donors (Lipinski definition) is 2. The smallest absolute Gasteiger partial charge is 0.257 e. The van der Waals surface area contributed by atoms with Crippen LogP contribution >= 0.6 is 11.3 Å². The van der Waals surface area contributed by atoms with Crippen LogP contribution in [0.5, 0.6) is 0 Å². The number of aryl methyl sites for hydroxylation is 1. The summed E-state index contributed by atoms with van der Waals surface area (Å²) in [6.07, 6.45) is 7.16. The third-order valence-electron chi connectivity index (χ3n) is 6.60. The van der Waals surface area contributed by atoms with Crippen molar-refractivity contribution in [3.63, 3.8) is 0 Å². The van der Waals surface area contributed by atoms with Crippen LogP contribution in [0, 0.1) is 0 Å². The summed E-state index contributed by atoms with van der Waals surface area (Å²) in [6.45, 7) is 4.64. The van der Waals surface area contributed by atoms with Gasteiger partial charge < -0.3 is 15.4 Å². The highest BCUT2D eigenvalue weighted by Gasteiger charge is 2.26. The number of nitrogens with zero attached hydrogens (tertiary/aromatic N) is 2. The van der Waals surface area contributed by atoms with Crippen molar-refractivity contribution in [1.29, 1.82) is 0 Å². The van der Waals surface area contributed by atoms with Gasteiger partial charge in [-0.1, -0.05) is 24.3 Å². The molecule has 0 saturated carbocycles. The summed E-state index contributed by atoms with van der Waals surface area (Å²) in [6, 6.07) is 11.7. The van der Waals surface area contributed by atoms with Crippen molar-refractivity contribution >= 4 is 28.2 Å². The molecule has 5 rings (SSSR count). The second-order valence-electron chi connectivity index (χ2n) is 8.95. The molecular formula is C27H30N4O3S. The number of fused-ring (bicyclic) bond motifs is 1. The van der Waals surface area contributed by atoms with Gasteiger partial charge >= 0.3 is 0 Å². The van der Waals surface area contributed by atoms with E-state index in [4.69, 9.17) is 4.74 Å². The largest absolute Gasteiger partial charge is 0.379 e. The highest BCUT2D eigenvalue weighted by molar-refractivity contribution is 7.17. The van der Waals surface area contributed by atoms with Gasteiger partial charge in [-0.3, -0.25) is 19.5 Å². The second kappa shape index (κ2) is 11.1. The van der Waals surface area contributed by atoms with E-state index >= 15 is 0 Å². The number of amides is 2. The van der Waals surface area contributed by atoms with Gasteiger partial charge in [-0.05, 0) is 54.5 Å². The number of aromatic nitrogens is 1. The van der Waals surface area contributed by atoms with Gasteiger partial charge in [-0.25, -0.2) is 0 Å². The van der Waals surface area contributed by atoms with Gasteiger partial charge in [0, 0.05) is 43.4 Å². The molecule has 2 N–H and O–H groups in total. The van der Waals surface area contributed by atoms with Crippen LogP contribution < -0.4 is 10.6 Å². The minimum absolute atomic E-state index is 0.132. The van der Waals surface area contributed by atoms with E-state index in [1.54, 1.807) is 18.3 Å². The van der Waals surface area contributed by atoms with Crippen LogP contribution in [0.1, 0.15) is 55.1 Å². The van der Waals surface area contributed by atoms with Crippen LogP contribution in [-0.2, 0) is 30.7 Å². The van der Waals surface area contributed by atoms with Crippen LogP contribution in [0.3, 0.4) is 0 Å². The number of carbonyl (C=O) groups excluding carboxylic acids is 2. The highest BCUT2D eigenvalue weighted by atomic mass is 32.1. The first-order chi connectivity index (χ1) is 17.2. The van der Waals surface area contributed by atoms with E-state index in [0.29, 0.717) is 22.7 Å². The van der Waals surface area contributed by atoms with Crippen molar-refractivity contribution in [3.8, 4) is 0 Å². The molecule has 2 amide bonds. The Hall–Kier alpha value is -3.07. The lowest BCUT2D eigenvalue weighted by Crippen LogP contribution is -2.36. The fourth-order valence-corrected chi connectivity index (χ4v) is 6.00. The topological polar surface area (TPSA) is 83.6 Å². The predicted octanol–water partition coefficient (Wildman–Crippen LogP) is 4.04. The molecule has 8 heteroatoms. The molecule has 1 aliphatic heterocycles. The summed E-state index contributed by atoms with van der Waals surface area (Å²) in [7, 11) is 0. The molecule has 3 aromatic rings. The molecule has 2 aliphatic rings. The maximum Gasteiger partial charge on any atom is 0.257 e. The molecular weight excluding hydrogens is 460 g/mol. The number of thiophene rings is 1. The monoisotopic (exact) mass is 490 g/mol. The first-order valence-corrected chi connectivity index (χ1v) is 13.0. The van der Waals surface area contributed by atoms with Gasteiger partial charge in [-0.2, -0.15) is 0 Å². The highest BCUT2D eigenvalue weighted by Crippen LogP contribution is 2.38. The quantitative estimate of drug-likeness (QED) is 0.522. The number of ether oxygens (including phenoxy) is 1. The average Bonchev–Trinajstić information content (AvgIpc) is 3.27. The minimum Gasteiger partial charge on any atom is -0.379 e. The Balaban J connectivity index is 1.33. The Bertz CT molecular complexity index is 1190. The summed E-state index contributed by atoms with van der Waals surface area (Å²) in [5.41, 5.74) is 4.50. The van der Waals surface area contributed by atoms with Crippen LogP contribution in [0.25, 0.3) is 0 Å². The molecule has 3 heterocycles. The summed E-state index contributed by atoms with van der Waals surface area (Å²) in [4.78, 5) is 33.9. The van der Waals surface area contributed by atoms with Crippen molar-refractivity contribution in [2.75, 3.05) is 31.6 Å². The predicted molar refractivity (Wildman–Crippen MR) is 137 cm³/mol. The lowest BCUT2D eigenvalue weighted by molar-refractivity contribution is 0.0340. The molecule has 1 saturated heterocycles. The first-order valence-electron chi connectivity index (χ1n) is 12.2. The standard InChI is InChI=1S/C27H30N4O3S/c32-25(20-8-5-11-28-16-20)30-27-24(22-9-3-4-10-23(22)35-27)26(33)29-17-19-6-1-2-7-21(19)18-31-12-14-34-15-13-31/h1-2,5-8,11,16H,3-4,9-10,12-15,17-18H2,(H,29,33)(H,30,32). The molecule has 35 heavy (non-hydrogen) atoms. The molecule has 0 bridgehead atoms. The zero-order valence-electron chi connectivity index (χ0n) is 19.7. The zero-order valence-corrected chi connectivity index (χ0v) is 20.5. The van der Waals surface area contributed by atoms with Crippen LogP contribution in [0.4, 0.5) is 5.00 Å². The Morgan fingerprint density at radius 2 is 1.80 bits per heavy atom. The van der Waals surface area contributed by atoms with E-state index in [9.17, 15) is 9.59 Å². The summed E-state index contributed by atoms with van der Waals surface area (Å²) in [5.74, 6) is -0.381. The molecule has 1 aliphatic carbocycles. The molecule has 0 atom stereocenters. The Labute approximate surface area is 209 Å². The lowest BCUT2D eigenvalue weighted by atomic mass is 9.95. The maximum absolute atomic E-state index is 13.5. The molecule has 0 spiro atoms. The van der Waals surface area contributed by atoms with Gasteiger partial charge in [0.15, 0.2) is 0 Å². The normalized spacial score (nSPS) is 15.9. The van der Waals surface area contributed by atoms with E-state index in [1.807, 2.05) is 12.1 Å². The second-order valence-corrected chi connectivity index (χ2v) is 10.1. The van der Waals surface area contributed by atoms with Crippen molar-refractivity contribution in [3.05, 3.63) is 81.5 Å². The average molecular weight is 491 g/mol. The van der Waals surface area contributed by atoms with Crippen LogP contribution in [-0.4, -0.2) is 48.0 Å². The number of benzene rings is 1. The lowest BCUT2D eigenvalue weighted by Gasteiger charge is -2.27. The maximum atomic E-state index is 13.5. The summed E-state index contributed by atoms with van der Waals surface area (Å²) >= 11 is 1.53. The minimum atomic E-state index is -0.249. The Morgan fingerprint density at radius 1 is 1.00 bits per heavy atom. The number of hydrogen-bond acceptors (Lipinski definition) is 6. The Morgan fingerprint density at radius 3 is 2.60 bits per heavy atom. The Kier molecular flexibility index (Phi) is 7.51. The van der Waals surface area contributed by atoms with Crippen molar-refractivity contribution < 1.29 is 14.3 Å². The van der Waals surface area contributed by atoms with Crippen LogP contribution in [0.15, 0.2) is 48.8 Å². The molecule has 1 aromatic carbocycles. The summed E-state index contributed by atoms with van der Waals surface area (Å²) < 4.78 is 5.47. The number of carbonyl (C=O) groups is 2. The number of nitrogens with one attached hydrogen (secondary N) is 2. The third kappa shape index (κ3) is 5.61. The number of anilines is 1. The number of rotatable bonds is 7. The molecule has 1 fully saturated rings. The SMILES string of the molecule is O=C(Nc1sc2c(c1C(=O)NCc1ccccc1CN1CCOCC1)CCCC2)c1cccnc1. The van der Waals surface area contributed by atoms with Crippen molar-refractivity contribution in [1.82, 2.24) is 15.2 Å². The third-order valence-corrected chi connectivity index (χ3v) is 7.81. The van der Waals surface area contributed by atoms with E-state index in [1.165, 1.54) is 28.0 Å². The molecule has 182 valence electrons. The summed E-state index contributed by atoms with van der Waals surface area (Å²) in [5, 5.41) is 6.76. The van der Waals surface area contributed by atoms with Gasteiger partial charge in [0.05, 0.1) is 24.3 Å². The van der Waals surface area contributed by atoms with Gasteiger partial charge in [-0.15, -0.1) is 11.3 Å².